The van der Waals surface area contributed by atoms with E-state index in [0.29, 0.717) is 5.56 Å². The molecular formula is C5H6IN3O. The molecule has 0 aromatic carbocycles. The Bertz CT molecular complexity index is 268. The quantitative estimate of drug-likeness (QED) is 0.721. The molecule has 1 amide bonds. The average molecular weight is 251 g/mol. The average Bonchev–Trinajstić information content (AvgIpc) is 2.14. The number of aromatic nitrogens is 2. The zero-order chi connectivity index (χ0) is 7.72. The van der Waals surface area contributed by atoms with Crippen LogP contribution in [0.5, 0.6) is 0 Å². The lowest BCUT2D eigenvalue weighted by Gasteiger charge is -1.91. The van der Waals surface area contributed by atoms with Gasteiger partial charge >= 0.3 is 0 Å². The number of aryl methyl sites for hydroxylation is 1. The van der Waals surface area contributed by atoms with Crippen LogP contribution in [0.1, 0.15) is 10.4 Å². The topological polar surface area (TPSA) is 60.9 Å². The predicted octanol–water partition coefficient (Wildman–Crippen LogP) is 0.124. The van der Waals surface area contributed by atoms with Crippen molar-refractivity contribution in [2.45, 2.75) is 0 Å². The first kappa shape index (κ1) is 7.52. The van der Waals surface area contributed by atoms with Crippen LogP contribution in [0.2, 0.25) is 0 Å². The van der Waals surface area contributed by atoms with E-state index in [1.54, 1.807) is 11.7 Å². The Morgan fingerprint density at radius 1 is 1.90 bits per heavy atom. The van der Waals surface area contributed by atoms with Gasteiger partial charge in [-0.3, -0.25) is 9.48 Å². The van der Waals surface area contributed by atoms with E-state index in [1.165, 1.54) is 6.20 Å². The Hall–Kier alpha value is -0.590. The Balaban J connectivity index is 3.17. The van der Waals surface area contributed by atoms with Gasteiger partial charge in [-0.2, -0.15) is 5.10 Å². The van der Waals surface area contributed by atoms with Gasteiger partial charge in [-0.15, -0.1) is 0 Å². The number of amides is 1. The third-order valence-electron chi connectivity index (χ3n) is 1.13. The van der Waals surface area contributed by atoms with Gasteiger partial charge in [0.15, 0.2) is 0 Å². The molecular weight excluding hydrogens is 245 g/mol. The van der Waals surface area contributed by atoms with Crippen LogP contribution in [0.3, 0.4) is 0 Å². The molecule has 0 saturated carbocycles. The highest BCUT2D eigenvalue weighted by Crippen LogP contribution is 2.08. The number of primary amides is 1. The minimum atomic E-state index is -0.433. The summed E-state index contributed by atoms with van der Waals surface area (Å²) in [7, 11) is 1.76. The number of carbonyl (C=O) groups excluding carboxylic acids is 1. The van der Waals surface area contributed by atoms with Gasteiger partial charge in [0.1, 0.15) is 3.70 Å². The molecule has 1 aromatic heterocycles. The normalized spacial score (nSPS) is 9.80. The predicted molar refractivity (Wildman–Crippen MR) is 44.4 cm³/mol. The summed E-state index contributed by atoms with van der Waals surface area (Å²) in [6, 6.07) is 0. The summed E-state index contributed by atoms with van der Waals surface area (Å²) in [6.45, 7) is 0. The SMILES string of the molecule is Cn1ncc(C(N)=O)c1I. The monoisotopic (exact) mass is 251 g/mol. The smallest absolute Gasteiger partial charge is 0.253 e. The summed E-state index contributed by atoms with van der Waals surface area (Å²) >= 11 is 2.01. The van der Waals surface area contributed by atoms with E-state index < -0.39 is 5.91 Å². The van der Waals surface area contributed by atoms with Crippen LogP contribution in [0.15, 0.2) is 6.20 Å². The maximum atomic E-state index is 10.6. The molecule has 0 bridgehead atoms. The van der Waals surface area contributed by atoms with Crippen LogP contribution in [-0.4, -0.2) is 15.7 Å². The Labute approximate surface area is 71.5 Å². The summed E-state index contributed by atoms with van der Waals surface area (Å²) < 4.78 is 2.37. The van der Waals surface area contributed by atoms with Crippen LogP contribution in [0.4, 0.5) is 0 Å². The summed E-state index contributed by atoms with van der Waals surface area (Å²) in [4.78, 5) is 10.6. The minimum absolute atomic E-state index is 0.433. The fourth-order valence-electron chi connectivity index (χ4n) is 0.588. The molecule has 1 aromatic rings. The number of nitrogens with two attached hydrogens (primary N) is 1. The van der Waals surface area contributed by atoms with Crippen LogP contribution in [-0.2, 0) is 7.05 Å². The van der Waals surface area contributed by atoms with Crippen molar-refractivity contribution in [2.75, 3.05) is 0 Å². The Kier molecular flexibility index (Phi) is 1.93. The molecule has 0 fully saturated rings. The highest BCUT2D eigenvalue weighted by molar-refractivity contribution is 14.1. The highest BCUT2D eigenvalue weighted by Gasteiger charge is 2.08. The molecule has 0 aliphatic heterocycles. The van der Waals surface area contributed by atoms with Crippen molar-refractivity contribution in [1.29, 1.82) is 0 Å². The van der Waals surface area contributed by atoms with Crippen LogP contribution >= 0.6 is 22.6 Å². The number of hydrogen-bond acceptors (Lipinski definition) is 2. The zero-order valence-corrected chi connectivity index (χ0v) is 7.49. The van der Waals surface area contributed by atoms with E-state index >= 15 is 0 Å². The highest BCUT2D eigenvalue weighted by atomic mass is 127. The Morgan fingerprint density at radius 2 is 2.50 bits per heavy atom. The second-order valence-corrected chi connectivity index (χ2v) is 2.86. The summed E-state index contributed by atoms with van der Waals surface area (Å²) in [5.41, 5.74) is 5.51. The molecule has 10 heavy (non-hydrogen) atoms. The van der Waals surface area contributed by atoms with Crippen molar-refractivity contribution in [3.63, 3.8) is 0 Å². The molecule has 0 atom stereocenters. The lowest BCUT2D eigenvalue weighted by molar-refractivity contribution is 0.0999. The molecule has 0 radical (unpaired) electrons. The van der Waals surface area contributed by atoms with Crippen LogP contribution < -0.4 is 5.73 Å². The van der Waals surface area contributed by atoms with Gasteiger partial charge < -0.3 is 5.73 Å². The van der Waals surface area contributed by atoms with Gasteiger partial charge in [-0.25, -0.2) is 0 Å². The number of rotatable bonds is 1. The zero-order valence-electron chi connectivity index (χ0n) is 5.34. The standard InChI is InChI=1S/C5H6IN3O/c1-9-4(6)3(2-8-9)5(7)10/h2H,1H3,(H2,7,10). The summed E-state index contributed by atoms with van der Waals surface area (Å²) in [5.74, 6) is -0.433. The molecule has 0 aliphatic rings. The van der Waals surface area contributed by atoms with Crippen molar-refractivity contribution in [1.82, 2.24) is 9.78 Å². The van der Waals surface area contributed by atoms with E-state index in [9.17, 15) is 4.79 Å². The fraction of sp³-hybridized carbons (Fsp3) is 0.200. The molecule has 1 rings (SSSR count). The van der Waals surface area contributed by atoms with Crippen LogP contribution in [0.25, 0.3) is 0 Å². The minimum Gasteiger partial charge on any atom is -0.365 e. The van der Waals surface area contributed by atoms with Crippen molar-refractivity contribution in [2.24, 2.45) is 12.8 Å². The number of hydrogen-bond donors (Lipinski definition) is 1. The second kappa shape index (κ2) is 2.57. The lowest BCUT2D eigenvalue weighted by Crippen LogP contribution is -2.11. The maximum absolute atomic E-state index is 10.6. The number of halogens is 1. The molecule has 2 N–H and O–H groups in total. The second-order valence-electron chi connectivity index (χ2n) is 1.84. The lowest BCUT2D eigenvalue weighted by atomic mass is 10.4. The fourth-order valence-corrected chi connectivity index (χ4v) is 1.12. The third-order valence-corrected chi connectivity index (χ3v) is 2.41. The van der Waals surface area contributed by atoms with E-state index in [0.717, 1.165) is 3.70 Å². The van der Waals surface area contributed by atoms with E-state index in [1.807, 2.05) is 22.6 Å². The third kappa shape index (κ3) is 1.13. The maximum Gasteiger partial charge on any atom is 0.253 e. The van der Waals surface area contributed by atoms with Gasteiger partial charge in [-0.05, 0) is 22.6 Å². The molecule has 4 nitrogen and oxygen atoms in total. The first-order valence-corrected chi connectivity index (χ1v) is 3.68. The number of carbonyl (C=O) groups is 1. The van der Waals surface area contributed by atoms with Crippen molar-refractivity contribution >= 4 is 28.5 Å². The Morgan fingerprint density at radius 3 is 2.70 bits per heavy atom. The molecule has 0 unspecified atom stereocenters. The van der Waals surface area contributed by atoms with Crippen molar-refractivity contribution < 1.29 is 4.79 Å². The molecule has 0 spiro atoms. The van der Waals surface area contributed by atoms with E-state index in [-0.39, 0.29) is 0 Å². The van der Waals surface area contributed by atoms with Crippen molar-refractivity contribution in [3.8, 4) is 0 Å². The van der Waals surface area contributed by atoms with Gasteiger partial charge in [0.2, 0.25) is 0 Å². The largest absolute Gasteiger partial charge is 0.365 e. The van der Waals surface area contributed by atoms with E-state index in [2.05, 4.69) is 5.10 Å². The van der Waals surface area contributed by atoms with Gasteiger partial charge in [0.05, 0.1) is 11.8 Å². The van der Waals surface area contributed by atoms with Gasteiger partial charge in [0, 0.05) is 7.05 Å². The van der Waals surface area contributed by atoms with Gasteiger partial charge in [0.25, 0.3) is 5.91 Å². The molecule has 0 aliphatic carbocycles. The number of nitrogens with zero attached hydrogens (tertiary/aromatic N) is 2. The first-order valence-electron chi connectivity index (χ1n) is 2.60. The molecule has 5 heteroatoms. The molecule has 1 heterocycles. The van der Waals surface area contributed by atoms with Crippen molar-refractivity contribution in [3.05, 3.63) is 15.5 Å². The van der Waals surface area contributed by atoms with E-state index in [4.69, 9.17) is 5.73 Å². The first-order chi connectivity index (χ1) is 4.63. The molecule has 0 saturated heterocycles. The molecule has 54 valence electrons. The van der Waals surface area contributed by atoms with Gasteiger partial charge in [-0.1, -0.05) is 0 Å². The summed E-state index contributed by atoms with van der Waals surface area (Å²) in [5, 5.41) is 3.85. The summed E-state index contributed by atoms with van der Waals surface area (Å²) in [6.07, 6.45) is 1.46. The van der Waals surface area contributed by atoms with Crippen LogP contribution in [0, 0.1) is 3.70 Å².